The zero-order chi connectivity index (χ0) is 19.9. The number of nitrogens with zero attached hydrogens (tertiary/aromatic N) is 3. The molecular formula is C23H26N4OS. The Morgan fingerprint density at radius 3 is 2.62 bits per heavy atom. The summed E-state index contributed by atoms with van der Waals surface area (Å²) in [4.78, 5) is 17.6. The molecule has 3 aromatic rings. The third kappa shape index (κ3) is 5.26. The Kier molecular flexibility index (Phi) is 6.62. The Hall–Kier alpha value is -2.60. The predicted molar refractivity (Wildman–Crippen MR) is 117 cm³/mol. The maximum atomic E-state index is 12.3. The largest absolute Gasteiger partial charge is 0.350 e. The topological polar surface area (TPSA) is 59.8 Å². The van der Waals surface area contributed by atoms with E-state index in [4.69, 9.17) is 5.10 Å². The Labute approximate surface area is 175 Å². The van der Waals surface area contributed by atoms with Crippen LogP contribution in [0.4, 0.5) is 0 Å². The number of hydrogen-bond acceptors (Lipinski definition) is 4. The summed E-state index contributed by atoms with van der Waals surface area (Å²) in [7, 11) is 0. The van der Waals surface area contributed by atoms with E-state index < -0.39 is 0 Å². The normalized spacial score (nSPS) is 14.2. The molecular weight excluding hydrogens is 380 g/mol. The first-order valence-electron chi connectivity index (χ1n) is 10.2. The summed E-state index contributed by atoms with van der Waals surface area (Å²) in [6.07, 6.45) is 8.97. The molecule has 0 bridgehead atoms. The van der Waals surface area contributed by atoms with E-state index in [-0.39, 0.29) is 5.91 Å². The van der Waals surface area contributed by atoms with Gasteiger partial charge in [-0.2, -0.15) is 5.10 Å². The van der Waals surface area contributed by atoms with Crippen molar-refractivity contribution in [1.82, 2.24) is 20.1 Å². The van der Waals surface area contributed by atoms with Crippen molar-refractivity contribution in [3.63, 3.8) is 0 Å². The van der Waals surface area contributed by atoms with Gasteiger partial charge in [0.15, 0.2) is 0 Å². The Bertz CT molecular complexity index is 921. The zero-order valence-corrected chi connectivity index (χ0v) is 17.3. The predicted octanol–water partition coefficient (Wildman–Crippen LogP) is 4.86. The first-order valence-corrected chi connectivity index (χ1v) is 11.2. The fourth-order valence-electron chi connectivity index (χ4n) is 3.75. The molecule has 1 aliphatic carbocycles. The highest BCUT2D eigenvalue weighted by Crippen LogP contribution is 2.33. The maximum absolute atomic E-state index is 12.3. The summed E-state index contributed by atoms with van der Waals surface area (Å²) >= 11 is 1.70. The van der Waals surface area contributed by atoms with Gasteiger partial charge < -0.3 is 5.32 Å². The van der Waals surface area contributed by atoms with Crippen molar-refractivity contribution in [1.29, 1.82) is 0 Å². The fraction of sp³-hybridized carbons (Fsp3) is 0.348. The van der Waals surface area contributed by atoms with Crippen molar-refractivity contribution >= 4 is 17.7 Å². The standard InChI is InChI=1S/C23H26N4OS/c28-23(12-15-29-21-8-2-1-3-9-21)25-17-19-16-22(18-10-13-24-14-11-18)27(26-19)20-6-4-5-7-20/h1-3,8-11,13-14,16,20H,4-7,12,15,17H2,(H,25,28). The monoisotopic (exact) mass is 406 g/mol. The van der Waals surface area contributed by atoms with Gasteiger partial charge in [0.2, 0.25) is 5.91 Å². The summed E-state index contributed by atoms with van der Waals surface area (Å²) < 4.78 is 2.16. The van der Waals surface area contributed by atoms with Crippen LogP contribution in [0.2, 0.25) is 0 Å². The van der Waals surface area contributed by atoms with E-state index in [9.17, 15) is 4.79 Å². The number of nitrogens with one attached hydrogen (secondary N) is 1. The molecule has 6 heteroatoms. The average Bonchev–Trinajstić information content (AvgIpc) is 3.43. The van der Waals surface area contributed by atoms with Crippen molar-refractivity contribution in [2.24, 2.45) is 0 Å². The number of hydrogen-bond donors (Lipinski definition) is 1. The van der Waals surface area contributed by atoms with Gasteiger partial charge in [-0.1, -0.05) is 31.0 Å². The van der Waals surface area contributed by atoms with Gasteiger partial charge in [0.05, 0.1) is 24.0 Å². The van der Waals surface area contributed by atoms with Crippen LogP contribution in [-0.2, 0) is 11.3 Å². The summed E-state index contributed by atoms with van der Waals surface area (Å²) in [5.41, 5.74) is 3.15. The summed E-state index contributed by atoms with van der Waals surface area (Å²) in [5, 5.41) is 7.87. The van der Waals surface area contributed by atoms with E-state index in [1.807, 2.05) is 42.7 Å². The molecule has 0 saturated heterocycles. The lowest BCUT2D eigenvalue weighted by Crippen LogP contribution is -2.23. The second-order valence-corrected chi connectivity index (χ2v) is 8.50. The van der Waals surface area contributed by atoms with Crippen molar-refractivity contribution in [3.8, 4) is 11.3 Å². The van der Waals surface area contributed by atoms with Crippen LogP contribution in [0.15, 0.2) is 65.8 Å². The van der Waals surface area contributed by atoms with E-state index in [2.05, 4.69) is 33.2 Å². The molecule has 1 aliphatic rings. The number of amides is 1. The van der Waals surface area contributed by atoms with Crippen molar-refractivity contribution in [3.05, 3.63) is 66.6 Å². The lowest BCUT2D eigenvalue weighted by Gasteiger charge is -2.14. The minimum absolute atomic E-state index is 0.0642. The molecule has 1 fully saturated rings. The van der Waals surface area contributed by atoms with Crippen LogP contribution in [0.1, 0.15) is 43.8 Å². The lowest BCUT2D eigenvalue weighted by molar-refractivity contribution is -0.120. The SMILES string of the molecule is O=C(CCSc1ccccc1)NCc1cc(-c2ccncc2)n(C2CCCC2)n1. The van der Waals surface area contributed by atoms with Crippen LogP contribution in [0.25, 0.3) is 11.3 Å². The second kappa shape index (κ2) is 9.74. The molecule has 0 atom stereocenters. The first kappa shape index (κ1) is 19.7. The molecule has 29 heavy (non-hydrogen) atoms. The number of carbonyl (C=O) groups excluding carboxylic acids is 1. The molecule has 5 nitrogen and oxygen atoms in total. The van der Waals surface area contributed by atoms with Crippen LogP contribution >= 0.6 is 11.8 Å². The lowest BCUT2D eigenvalue weighted by atomic mass is 10.1. The van der Waals surface area contributed by atoms with Gasteiger partial charge >= 0.3 is 0 Å². The molecule has 2 heterocycles. The zero-order valence-electron chi connectivity index (χ0n) is 16.5. The smallest absolute Gasteiger partial charge is 0.221 e. The third-order valence-electron chi connectivity index (χ3n) is 5.24. The molecule has 1 amide bonds. The van der Waals surface area contributed by atoms with E-state index in [0.717, 1.165) is 22.7 Å². The van der Waals surface area contributed by atoms with Crippen LogP contribution in [0, 0.1) is 0 Å². The highest BCUT2D eigenvalue weighted by Gasteiger charge is 2.22. The molecule has 4 rings (SSSR count). The third-order valence-corrected chi connectivity index (χ3v) is 6.25. The van der Waals surface area contributed by atoms with Crippen molar-refractivity contribution in [2.75, 3.05) is 5.75 Å². The van der Waals surface area contributed by atoms with Crippen LogP contribution in [-0.4, -0.2) is 26.4 Å². The van der Waals surface area contributed by atoms with Gasteiger partial charge in [-0.3, -0.25) is 14.5 Å². The van der Waals surface area contributed by atoms with E-state index in [1.54, 1.807) is 11.8 Å². The molecule has 0 radical (unpaired) electrons. The van der Waals surface area contributed by atoms with Crippen LogP contribution < -0.4 is 5.32 Å². The average molecular weight is 407 g/mol. The molecule has 1 saturated carbocycles. The highest BCUT2D eigenvalue weighted by molar-refractivity contribution is 7.99. The summed E-state index contributed by atoms with van der Waals surface area (Å²) in [6.45, 7) is 0.465. The van der Waals surface area contributed by atoms with Crippen LogP contribution in [0.3, 0.4) is 0 Å². The number of thioether (sulfide) groups is 1. The molecule has 1 N–H and O–H groups in total. The van der Waals surface area contributed by atoms with Gasteiger partial charge in [0.1, 0.15) is 0 Å². The van der Waals surface area contributed by atoms with Crippen molar-refractivity contribution in [2.45, 2.75) is 49.6 Å². The molecule has 150 valence electrons. The highest BCUT2D eigenvalue weighted by atomic mass is 32.2. The number of aromatic nitrogens is 3. The van der Waals surface area contributed by atoms with Gasteiger partial charge in [-0.25, -0.2) is 0 Å². The van der Waals surface area contributed by atoms with Crippen molar-refractivity contribution < 1.29 is 4.79 Å². The Morgan fingerprint density at radius 1 is 1.10 bits per heavy atom. The van der Waals surface area contributed by atoms with E-state index in [0.29, 0.717) is 19.0 Å². The second-order valence-electron chi connectivity index (χ2n) is 7.33. The number of pyridine rings is 1. The summed E-state index contributed by atoms with van der Waals surface area (Å²) in [5.74, 6) is 0.837. The molecule has 0 spiro atoms. The quantitative estimate of drug-likeness (QED) is 0.543. The fourth-order valence-corrected chi connectivity index (χ4v) is 4.63. The number of rotatable bonds is 8. The van der Waals surface area contributed by atoms with E-state index in [1.165, 1.54) is 30.6 Å². The molecule has 0 aliphatic heterocycles. The number of benzene rings is 1. The molecule has 2 aromatic heterocycles. The Balaban J connectivity index is 1.36. The first-order chi connectivity index (χ1) is 14.3. The van der Waals surface area contributed by atoms with Gasteiger partial charge in [0.25, 0.3) is 0 Å². The maximum Gasteiger partial charge on any atom is 0.221 e. The van der Waals surface area contributed by atoms with E-state index >= 15 is 0 Å². The molecule has 0 unspecified atom stereocenters. The van der Waals surface area contributed by atoms with Gasteiger partial charge in [-0.05, 0) is 43.2 Å². The Morgan fingerprint density at radius 2 is 1.86 bits per heavy atom. The van der Waals surface area contributed by atoms with Gasteiger partial charge in [-0.15, -0.1) is 11.8 Å². The van der Waals surface area contributed by atoms with Gasteiger partial charge in [0, 0.05) is 35.0 Å². The number of carbonyl (C=O) groups is 1. The minimum atomic E-state index is 0.0642. The summed E-state index contributed by atoms with van der Waals surface area (Å²) in [6, 6.07) is 16.8. The minimum Gasteiger partial charge on any atom is -0.350 e. The van der Waals surface area contributed by atoms with Crippen LogP contribution in [0.5, 0.6) is 0 Å². The molecule has 1 aromatic carbocycles.